The molecule has 0 N–H and O–H groups in total. The molecule has 0 unspecified atom stereocenters. The highest BCUT2D eigenvalue weighted by Crippen LogP contribution is 2.06. The highest BCUT2D eigenvalue weighted by Gasteiger charge is 2.18. The van der Waals surface area contributed by atoms with Crippen LogP contribution in [0.1, 0.15) is 46.4 Å². The zero-order valence-electron chi connectivity index (χ0n) is 12.9. The maximum Gasteiger partial charge on any atom is 0.320 e. The van der Waals surface area contributed by atoms with Gasteiger partial charge in [0.05, 0.1) is 19.7 Å². The highest BCUT2D eigenvalue weighted by molar-refractivity contribution is 5.71. The molecule has 7 nitrogen and oxygen atoms in total. The lowest BCUT2D eigenvalue weighted by atomic mass is 10.3. The molecule has 0 aromatic carbocycles. The summed E-state index contributed by atoms with van der Waals surface area (Å²) in [5.41, 5.74) is 0. The molecule has 0 bridgehead atoms. The van der Waals surface area contributed by atoms with E-state index in [1.807, 2.05) is 30.4 Å². The minimum Gasteiger partial charge on any atom is -0.465 e. The minimum absolute atomic E-state index is 0.214. The second kappa shape index (κ2) is 8.63. The van der Waals surface area contributed by atoms with Crippen LogP contribution in [0.5, 0.6) is 0 Å². The zero-order chi connectivity index (χ0) is 15.0. The summed E-state index contributed by atoms with van der Waals surface area (Å²) in [7, 11) is 0. The number of tetrazole rings is 1. The van der Waals surface area contributed by atoms with E-state index in [1.54, 1.807) is 0 Å². The first-order chi connectivity index (χ1) is 9.58. The lowest BCUT2D eigenvalue weighted by molar-refractivity contribution is -0.145. The van der Waals surface area contributed by atoms with Gasteiger partial charge in [-0.3, -0.25) is 9.69 Å². The van der Waals surface area contributed by atoms with Gasteiger partial charge in [0, 0.05) is 12.6 Å². The van der Waals surface area contributed by atoms with E-state index in [0.29, 0.717) is 13.2 Å². The van der Waals surface area contributed by atoms with E-state index < -0.39 is 0 Å². The van der Waals surface area contributed by atoms with Crippen molar-refractivity contribution in [3.63, 3.8) is 0 Å². The number of esters is 1. The maximum atomic E-state index is 11.6. The topological polar surface area (TPSA) is 73.1 Å². The Balaban J connectivity index is 2.65. The van der Waals surface area contributed by atoms with Crippen LogP contribution in [0.15, 0.2) is 0 Å². The highest BCUT2D eigenvalue weighted by atomic mass is 16.5. The molecule has 0 amide bonds. The average Bonchev–Trinajstić information content (AvgIpc) is 2.83. The van der Waals surface area contributed by atoms with Gasteiger partial charge in [-0.2, -0.15) is 0 Å². The predicted molar refractivity (Wildman–Crippen MR) is 74.9 cm³/mol. The van der Waals surface area contributed by atoms with Crippen molar-refractivity contribution in [1.82, 2.24) is 25.1 Å². The Labute approximate surface area is 120 Å². The van der Waals surface area contributed by atoms with Crippen LogP contribution in [-0.4, -0.2) is 50.3 Å². The van der Waals surface area contributed by atoms with Crippen molar-refractivity contribution in [1.29, 1.82) is 0 Å². The van der Waals surface area contributed by atoms with Crippen molar-refractivity contribution in [2.45, 2.75) is 59.7 Å². The molecular formula is C13H25N5O2. The third kappa shape index (κ3) is 5.24. The molecule has 1 aromatic heterocycles. The molecule has 0 atom stereocenters. The monoisotopic (exact) mass is 283 g/mol. The normalized spacial score (nSPS) is 11.3. The number of rotatable bonds is 9. The number of ether oxygens (including phenoxy) is 1. The zero-order valence-corrected chi connectivity index (χ0v) is 12.9. The van der Waals surface area contributed by atoms with Crippen LogP contribution in [0.3, 0.4) is 0 Å². The number of unbranched alkanes of at least 4 members (excludes halogenated alkanes) is 1. The Morgan fingerprint density at radius 3 is 2.75 bits per heavy atom. The minimum atomic E-state index is -0.214. The van der Waals surface area contributed by atoms with E-state index in [9.17, 15) is 4.79 Å². The number of carbonyl (C=O) groups is 1. The molecule has 7 heteroatoms. The van der Waals surface area contributed by atoms with E-state index in [4.69, 9.17) is 4.74 Å². The Morgan fingerprint density at radius 2 is 2.15 bits per heavy atom. The van der Waals surface area contributed by atoms with Crippen molar-refractivity contribution >= 4 is 5.97 Å². The van der Waals surface area contributed by atoms with Crippen molar-refractivity contribution < 1.29 is 9.53 Å². The standard InChI is InChI=1S/C13H25N5O2/c1-5-7-8-18-12(14-15-16-18)9-17(11(3)4)10-13(19)20-6-2/h11H,5-10H2,1-4H3. The molecule has 1 aromatic rings. The van der Waals surface area contributed by atoms with Crippen LogP contribution < -0.4 is 0 Å². The van der Waals surface area contributed by atoms with Crippen LogP contribution in [0, 0.1) is 0 Å². The fraction of sp³-hybridized carbons (Fsp3) is 0.846. The molecular weight excluding hydrogens is 258 g/mol. The van der Waals surface area contributed by atoms with Crippen LogP contribution in [0.25, 0.3) is 0 Å². The summed E-state index contributed by atoms with van der Waals surface area (Å²) >= 11 is 0. The molecule has 0 saturated carbocycles. The maximum absolute atomic E-state index is 11.6. The van der Waals surface area contributed by atoms with Crippen molar-refractivity contribution in [2.75, 3.05) is 13.2 Å². The van der Waals surface area contributed by atoms with Gasteiger partial charge in [-0.25, -0.2) is 4.68 Å². The molecule has 114 valence electrons. The first-order valence-electron chi connectivity index (χ1n) is 7.23. The molecule has 0 spiro atoms. The van der Waals surface area contributed by atoms with Crippen molar-refractivity contribution in [3.05, 3.63) is 5.82 Å². The van der Waals surface area contributed by atoms with Gasteiger partial charge >= 0.3 is 5.97 Å². The number of nitrogens with zero attached hydrogens (tertiary/aromatic N) is 5. The Kier molecular flexibility index (Phi) is 7.14. The summed E-state index contributed by atoms with van der Waals surface area (Å²) in [6.07, 6.45) is 2.13. The van der Waals surface area contributed by atoms with E-state index in [2.05, 4.69) is 22.4 Å². The first kappa shape index (κ1) is 16.6. The number of aromatic nitrogens is 4. The number of aryl methyl sites for hydroxylation is 1. The fourth-order valence-electron chi connectivity index (χ4n) is 1.79. The van der Waals surface area contributed by atoms with Gasteiger partial charge in [-0.1, -0.05) is 13.3 Å². The summed E-state index contributed by atoms with van der Waals surface area (Å²) in [5.74, 6) is 0.574. The lowest BCUT2D eigenvalue weighted by Gasteiger charge is -2.24. The Hall–Kier alpha value is -1.50. The summed E-state index contributed by atoms with van der Waals surface area (Å²) in [6.45, 7) is 10.0. The summed E-state index contributed by atoms with van der Waals surface area (Å²) in [4.78, 5) is 13.6. The van der Waals surface area contributed by atoms with Gasteiger partial charge in [0.15, 0.2) is 5.82 Å². The largest absolute Gasteiger partial charge is 0.465 e. The molecule has 0 fully saturated rings. The lowest BCUT2D eigenvalue weighted by Crippen LogP contribution is -2.37. The third-order valence-electron chi connectivity index (χ3n) is 3.04. The first-order valence-corrected chi connectivity index (χ1v) is 7.23. The summed E-state index contributed by atoms with van der Waals surface area (Å²) < 4.78 is 6.81. The van der Waals surface area contributed by atoms with E-state index >= 15 is 0 Å². The molecule has 0 saturated heterocycles. The Morgan fingerprint density at radius 1 is 1.40 bits per heavy atom. The van der Waals surface area contributed by atoms with Gasteiger partial charge in [0.25, 0.3) is 0 Å². The predicted octanol–water partition coefficient (Wildman–Crippen LogP) is 1.25. The molecule has 0 aliphatic rings. The molecule has 0 aliphatic carbocycles. The van der Waals surface area contributed by atoms with Crippen molar-refractivity contribution in [2.24, 2.45) is 0 Å². The molecule has 1 rings (SSSR count). The SMILES string of the molecule is CCCCn1nnnc1CN(CC(=O)OCC)C(C)C. The summed E-state index contributed by atoms with van der Waals surface area (Å²) in [5, 5.41) is 11.8. The summed E-state index contributed by atoms with van der Waals surface area (Å²) in [6, 6.07) is 0.218. The van der Waals surface area contributed by atoms with E-state index in [0.717, 1.165) is 25.2 Å². The number of hydrogen-bond acceptors (Lipinski definition) is 6. The van der Waals surface area contributed by atoms with Crippen LogP contribution >= 0.6 is 0 Å². The van der Waals surface area contributed by atoms with Gasteiger partial charge in [-0.15, -0.1) is 5.10 Å². The second-order valence-corrected chi connectivity index (χ2v) is 4.98. The molecule has 20 heavy (non-hydrogen) atoms. The molecule has 0 radical (unpaired) electrons. The van der Waals surface area contributed by atoms with E-state index in [1.165, 1.54) is 0 Å². The third-order valence-corrected chi connectivity index (χ3v) is 3.04. The van der Waals surface area contributed by atoms with Gasteiger partial charge in [-0.05, 0) is 37.6 Å². The van der Waals surface area contributed by atoms with Crippen LogP contribution in [0.4, 0.5) is 0 Å². The van der Waals surface area contributed by atoms with Crippen LogP contribution in [-0.2, 0) is 22.6 Å². The average molecular weight is 283 g/mol. The number of hydrogen-bond donors (Lipinski definition) is 0. The quantitative estimate of drug-likeness (QED) is 0.635. The fourth-order valence-corrected chi connectivity index (χ4v) is 1.79. The van der Waals surface area contributed by atoms with E-state index in [-0.39, 0.29) is 18.6 Å². The number of carbonyl (C=O) groups excluding carboxylic acids is 1. The second-order valence-electron chi connectivity index (χ2n) is 4.98. The smallest absolute Gasteiger partial charge is 0.320 e. The van der Waals surface area contributed by atoms with Gasteiger partial charge in [0.1, 0.15) is 0 Å². The van der Waals surface area contributed by atoms with Crippen molar-refractivity contribution in [3.8, 4) is 0 Å². The molecule has 1 heterocycles. The van der Waals surface area contributed by atoms with Crippen LogP contribution in [0.2, 0.25) is 0 Å². The van der Waals surface area contributed by atoms with Gasteiger partial charge in [0.2, 0.25) is 0 Å². The van der Waals surface area contributed by atoms with Gasteiger partial charge < -0.3 is 4.74 Å². The molecule has 0 aliphatic heterocycles. The Bertz CT molecular complexity index is 405.